The van der Waals surface area contributed by atoms with Crippen LogP contribution in [-0.2, 0) is 21.3 Å². The molecule has 0 bridgehead atoms. The zero-order chi connectivity index (χ0) is 52.8. The van der Waals surface area contributed by atoms with Gasteiger partial charge in [-0.25, -0.2) is 32.5 Å². The van der Waals surface area contributed by atoms with Crippen LogP contribution in [0.4, 0.5) is 21.6 Å². The van der Waals surface area contributed by atoms with Crippen LogP contribution in [0.25, 0.3) is 22.1 Å². The number of carbonyl (C=O) groups excluding carboxylic acids is 1. The van der Waals surface area contributed by atoms with Gasteiger partial charge in [0.15, 0.2) is 0 Å². The van der Waals surface area contributed by atoms with Crippen molar-refractivity contribution in [3.63, 3.8) is 0 Å². The van der Waals surface area contributed by atoms with E-state index >= 15 is 4.39 Å². The number of anilines is 2. The van der Waals surface area contributed by atoms with Gasteiger partial charge in [-0.2, -0.15) is 0 Å². The quantitative estimate of drug-likeness (QED) is 0.0523. The van der Waals surface area contributed by atoms with Crippen LogP contribution in [0.15, 0.2) is 103 Å². The summed E-state index contributed by atoms with van der Waals surface area (Å²) in [6.07, 6.45) is 9.97. The average Bonchev–Trinajstić information content (AvgIpc) is 4.12. The number of nitrogens with one attached hydrogen (secondary N) is 4. The molecule has 3 aliphatic heterocycles. The Kier molecular flexibility index (Phi) is 13.9. The van der Waals surface area contributed by atoms with Gasteiger partial charge < -0.3 is 34.4 Å². The molecule has 7 aromatic rings. The summed E-state index contributed by atoms with van der Waals surface area (Å²) >= 11 is 0. The van der Waals surface area contributed by atoms with Crippen molar-refractivity contribution < 1.29 is 36.7 Å². The Labute approximate surface area is 439 Å². The van der Waals surface area contributed by atoms with Gasteiger partial charge in [0, 0.05) is 114 Å². The molecule has 19 nitrogen and oxygen atoms in total. The van der Waals surface area contributed by atoms with E-state index in [1.165, 1.54) is 35.4 Å². The molecule has 4 aliphatic rings. The van der Waals surface area contributed by atoms with Crippen molar-refractivity contribution in [1.29, 1.82) is 0 Å². The summed E-state index contributed by atoms with van der Waals surface area (Å²) in [7, 11) is -3.16. The fourth-order valence-electron chi connectivity index (χ4n) is 11.8. The molecule has 4 aromatic heterocycles. The molecule has 1 aliphatic carbocycles. The van der Waals surface area contributed by atoms with Gasteiger partial charge in [-0.05, 0) is 78.0 Å². The van der Waals surface area contributed by atoms with Crippen LogP contribution in [0.5, 0.6) is 17.2 Å². The number of benzene rings is 3. The van der Waals surface area contributed by atoms with E-state index in [1.807, 2.05) is 18.2 Å². The number of halogens is 1. The molecule has 4 N–H and O–H groups in total. The Balaban J connectivity index is 0.810. The molecule has 4 fully saturated rings. The van der Waals surface area contributed by atoms with Crippen LogP contribution in [0.3, 0.4) is 0 Å². The van der Waals surface area contributed by atoms with E-state index in [0.29, 0.717) is 29.2 Å². The molecule has 3 saturated heterocycles. The third-order valence-electron chi connectivity index (χ3n) is 16.0. The number of carbonyl (C=O) groups is 1. The number of hydrogen-bond donors (Lipinski definition) is 4. The van der Waals surface area contributed by atoms with Crippen molar-refractivity contribution >= 4 is 55.2 Å². The van der Waals surface area contributed by atoms with Crippen LogP contribution in [0.1, 0.15) is 91.4 Å². The molecule has 1 atom stereocenters. The number of piperidine rings is 1. The number of hydrogen-bond acceptors (Lipinski definition) is 15. The minimum Gasteiger partial charge on any atom is -0.497 e. The van der Waals surface area contributed by atoms with Crippen molar-refractivity contribution in [3.8, 4) is 17.2 Å². The van der Waals surface area contributed by atoms with Gasteiger partial charge in [0.05, 0.1) is 30.1 Å². The smallest absolute Gasteiger partial charge is 0.296 e. The standard InChI is InChI=1S/C55H62FN11O8S/c1-35(2)41-6-4-5-7-42(41)45-32-64(31-36-8-10-39(73-3)11-9-36)20-21-66(45)38-27-54(28-38)13-18-65(19-14-54)48-26-46(75-40-24-37-12-17-57-52(37)59-29-40)43(30-58-48)53(68)63-76(71,72)47-25-44(67(69)70)49(51-50(47)61-34-62-51)60-33-55(56)15-22-74-23-16-55/h4-12,17,24-26,29-30,34-35,38,45,60H,13-16,18-23,27-28,31-33H2,1-3H3,(H,57,59)(H,61,62)(H,63,68)/t45-/m0/s1. The van der Waals surface area contributed by atoms with Crippen molar-refractivity contribution in [1.82, 2.24) is 39.4 Å². The molecule has 0 radical (unpaired) electrons. The Morgan fingerprint density at radius 1 is 0.947 bits per heavy atom. The molecule has 398 valence electrons. The Morgan fingerprint density at radius 3 is 2.47 bits per heavy atom. The lowest BCUT2D eigenvalue weighted by Crippen LogP contribution is -2.60. The number of H-pyrrole nitrogens is 2. The number of fused-ring (bicyclic) bond motifs is 2. The summed E-state index contributed by atoms with van der Waals surface area (Å²) in [4.78, 5) is 52.0. The molecule has 7 heterocycles. The summed E-state index contributed by atoms with van der Waals surface area (Å²) in [6.45, 7) is 9.89. The number of imidazole rings is 1. The number of ether oxygens (including phenoxy) is 3. The number of amides is 1. The highest BCUT2D eigenvalue weighted by atomic mass is 32.2. The zero-order valence-electron chi connectivity index (χ0n) is 42.8. The maximum atomic E-state index is 15.6. The van der Waals surface area contributed by atoms with Crippen molar-refractivity contribution in [2.75, 3.05) is 69.8 Å². The zero-order valence-corrected chi connectivity index (χ0v) is 43.6. The first kappa shape index (κ1) is 50.9. The van der Waals surface area contributed by atoms with Gasteiger partial charge in [-0.1, -0.05) is 50.2 Å². The second kappa shape index (κ2) is 20.7. The van der Waals surface area contributed by atoms with Crippen molar-refractivity contribution in [2.24, 2.45) is 5.41 Å². The van der Waals surface area contributed by atoms with Gasteiger partial charge in [0.25, 0.3) is 21.6 Å². The van der Waals surface area contributed by atoms with Gasteiger partial charge in [-0.3, -0.25) is 24.7 Å². The molecule has 21 heteroatoms. The number of nitro benzene ring substituents is 1. The Morgan fingerprint density at radius 2 is 1.72 bits per heavy atom. The van der Waals surface area contributed by atoms with E-state index < -0.39 is 37.1 Å². The summed E-state index contributed by atoms with van der Waals surface area (Å²) in [5.41, 5.74) is 1.95. The van der Waals surface area contributed by atoms with Crippen molar-refractivity contribution in [2.45, 2.75) is 87.5 Å². The Bertz CT molecular complexity index is 3380. The van der Waals surface area contributed by atoms with E-state index in [4.69, 9.17) is 19.2 Å². The number of methoxy groups -OCH3 is 1. The number of sulfonamides is 1. The monoisotopic (exact) mass is 1060 g/mol. The van der Waals surface area contributed by atoms with Crippen LogP contribution in [0.2, 0.25) is 0 Å². The summed E-state index contributed by atoms with van der Waals surface area (Å²) in [5, 5.41) is 16.1. The van der Waals surface area contributed by atoms with Gasteiger partial charge in [-0.15, -0.1) is 0 Å². The Hall–Kier alpha value is -7.20. The number of aromatic nitrogens is 5. The number of rotatable bonds is 16. The topological polar surface area (TPSA) is 226 Å². The van der Waals surface area contributed by atoms with E-state index in [-0.39, 0.29) is 72.1 Å². The van der Waals surface area contributed by atoms with Crippen LogP contribution >= 0.6 is 0 Å². The van der Waals surface area contributed by atoms with E-state index in [9.17, 15) is 23.3 Å². The van der Waals surface area contributed by atoms with E-state index in [0.717, 1.165) is 82.2 Å². The number of nitro groups is 1. The first-order valence-corrected chi connectivity index (χ1v) is 27.4. The van der Waals surface area contributed by atoms with Gasteiger partial charge in [0.1, 0.15) is 56.0 Å². The number of nitrogens with zero attached hydrogens (tertiary/aromatic N) is 7. The molecule has 11 rings (SSSR count). The van der Waals surface area contributed by atoms with Crippen LogP contribution in [-0.4, -0.2) is 125 Å². The molecule has 76 heavy (non-hydrogen) atoms. The summed E-state index contributed by atoms with van der Waals surface area (Å²) in [6, 6.07) is 24.1. The number of pyridine rings is 2. The predicted octanol–water partition coefficient (Wildman–Crippen LogP) is 9.02. The van der Waals surface area contributed by atoms with Gasteiger partial charge >= 0.3 is 0 Å². The number of aromatic amines is 2. The minimum absolute atomic E-state index is 0.0287. The first-order valence-electron chi connectivity index (χ1n) is 26.0. The fraction of sp³-hybridized carbons (Fsp3) is 0.418. The molecule has 0 unspecified atom stereocenters. The maximum Gasteiger partial charge on any atom is 0.296 e. The number of piperazine rings is 1. The van der Waals surface area contributed by atoms with E-state index in [1.54, 1.807) is 25.4 Å². The lowest BCUT2D eigenvalue weighted by molar-refractivity contribution is -0.384. The van der Waals surface area contributed by atoms with Crippen LogP contribution in [0, 0.1) is 15.5 Å². The molecule has 3 aromatic carbocycles. The normalized spacial score (nSPS) is 19.2. The van der Waals surface area contributed by atoms with Gasteiger partial charge in [0.2, 0.25) is 0 Å². The highest BCUT2D eigenvalue weighted by Gasteiger charge is 2.50. The summed E-state index contributed by atoms with van der Waals surface area (Å²) < 4.78 is 63.2. The van der Waals surface area contributed by atoms with Crippen molar-refractivity contribution in [3.05, 3.63) is 130 Å². The first-order chi connectivity index (χ1) is 36.7. The summed E-state index contributed by atoms with van der Waals surface area (Å²) in [5.74, 6) is 1.04. The third kappa shape index (κ3) is 10.3. The second-order valence-electron chi connectivity index (χ2n) is 21.1. The van der Waals surface area contributed by atoms with Crippen LogP contribution < -0.4 is 24.4 Å². The molecule has 1 spiro atoms. The lowest BCUT2D eigenvalue weighted by atomic mass is 9.59. The predicted molar refractivity (Wildman–Crippen MR) is 285 cm³/mol. The lowest BCUT2D eigenvalue weighted by Gasteiger charge is -2.58. The average molecular weight is 1060 g/mol. The molecular formula is C55H62FN11O8S. The minimum atomic E-state index is -4.86. The largest absolute Gasteiger partial charge is 0.497 e. The van der Waals surface area contributed by atoms with E-state index in [2.05, 4.69) is 94.9 Å². The number of alkyl halides is 1. The second-order valence-corrected chi connectivity index (χ2v) is 22.8. The molecular weight excluding hydrogens is 994 g/mol. The highest BCUT2D eigenvalue weighted by molar-refractivity contribution is 7.90. The fourth-order valence-corrected chi connectivity index (χ4v) is 12.9. The highest BCUT2D eigenvalue weighted by Crippen LogP contribution is 2.53. The molecule has 1 saturated carbocycles. The SMILES string of the molecule is COc1ccc(CN2CCN(C3CC4(CCN(c5cc(Oc6cnc7[nH]ccc7c6)c(C(=O)NS(=O)(=O)c6cc([N+](=O)[O-])c(NCC7(F)CCOCC7)c7[nH]cnc67)cn5)CC4)C3)[C@H](c3ccccc3C(C)C)C2)cc1. The molecule has 1 amide bonds. The third-order valence-corrected chi connectivity index (χ3v) is 17.4. The maximum absolute atomic E-state index is 15.6.